The maximum Gasteiger partial charge on any atom is 0.328 e. The summed E-state index contributed by atoms with van der Waals surface area (Å²) < 4.78 is 6.76. The number of benzene rings is 1. The van der Waals surface area contributed by atoms with Crippen molar-refractivity contribution in [2.24, 2.45) is 12.8 Å². The molecular weight excluding hydrogens is 354 g/mol. The van der Waals surface area contributed by atoms with Crippen molar-refractivity contribution in [2.75, 3.05) is 7.11 Å². The van der Waals surface area contributed by atoms with E-state index in [9.17, 15) is 9.59 Å². The highest BCUT2D eigenvalue weighted by molar-refractivity contribution is 6.01. The first kappa shape index (κ1) is 20.0. The fourth-order valence-corrected chi connectivity index (χ4v) is 4.24. The number of nitrogens with zero attached hydrogens (tertiary/aromatic N) is 1. The highest BCUT2D eigenvalue weighted by atomic mass is 16.5. The van der Waals surface area contributed by atoms with Crippen LogP contribution in [-0.4, -0.2) is 29.6 Å². The van der Waals surface area contributed by atoms with E-state index in [1.54, 1.807) is 6.92 Å². The Kier molecular flexibility index (Phi) is 5.77. The number of esters is 1. The van der Waals surface area contributed by atoms with Gasteiger partial charge in [-0.1, -0.05) is 25.0 Å². The number of rotatable bonds is 5. The second kappa shape index (κ2) is 8.09. The zero-order valence-electron chi connectivity index (χ0n) is 17.0. The van der Waals surface area contributed by atoms with Crippen molar-refractivity contribution in [1.29, 1.82) is 0 Å². The number of hydrogen-bond donors (Lipinski definition) is 2. The molecule has 0 spiro atoms. The molecular formula is C22H29N3O3. The van der Waals surface area contributed by atoms with Gasteiger partial charge in [-0.25, -0.2) is 4.79 Å². The maximum atomic E-state index is 12.6. The summed E-state index contributed by atoms with van der Waals surface area (Å²) in [7, 11) is 3.30. The van der Waals surface area contributed by atoms with Gasteiger partial charge in [-0.05, 0) is 50.3 Å². The quantitative estimate of drug-likeness (QED) is 0.775. The molecule has 6 heteroatoms. The number of carbonyl (C=O) groups is 2. The van der Waals surface area contributed by atoms with Crippen molar-refractivity contribution in [3.63, 3.8) is 0 Å². The minimum absolute atomic E-state index is 0.302. The normalized spacial score (nSPS) is 16.4. The van der Waals surface area contributed by atoms with Crippen molar-refractivity contribution in [3.8, 4) is 0 Å². The van der Waals surface area contributed by atoms with E-state index in [0.29, 0.717) is 11.5 Å². The highest BCUT2D eigenvalue weighted by Gasteiger charge is 2.27. The van der Waals surface area contributed by atoms with Crippen molar-refractivity contribution in [1.82, 2.24) is 9.88 Å². The lowest BCUT2D eigenvalue weighted by molar-refractivity contribution is -0.142. The van der Waals surface area contributed by atoms with Gasteiger partial charge in [0.25, 0.3) is 5.91 Å². The van der Waals surface area contributed by atoms with Crippen LogP contribution in [0.15, 0.2) is 24.3 Å². The Morgan fingerprint density at radius 2 is 2.00 bits per heavy atom. The van der Waals surface area contributed by atoms with Gasteiger partial charge in [0.2, 0.25) is 0 Å². The standard InChI is InChI=1S/C22H29N3O3/c1-5-17(23)20-19(14-8-6-7-9-14)16-11-10-15(12-18(16)25(20)3)21(26)24-13(2)22(27)28-4/h5,10-14H,6-9,23H2,1-4H3,(H,24,26)/b17-5-. The molecule has 6 nitrogen and oxygen atoms in total. The number of aromatic nitrogens is 1. The van der Waals surface area contributed by atoms with Crippen LogP contribution in [-0.2, 0) is 16.6 Å². The molecule has 1 fully saturated rings. The number of carbonyl (C=O) groups excluding carboxylic acids is 2. The first-order chi connectivity index (χ1) is 13.4. The number of allylic oxidation sites excluding steroid dienone is 1. The SMILES string of the molecule is C/C=C(\N)c1c(C2CCCC2)c2ccc(C(=O)NC(C)C(=O)OC)cc2n1C. The van der Waals surface area contributed by atoms with Crippen LogP contribution >= 0.6 is 0 Å². The Balaban J connectivity index is 2.06. The van der Waals surface area contributed by atoms with E-state index in [1.807, 2.05) is 38.2 Å². The summed E-state index contributed by atoms with van der Waals surface area (Å²) in [6.45, 7) is 3.55. The third kappa shape index (κ3) is 3.51. The Bertz CT molecular complexity index is 936. The third-order valence-corrected chi connectivity index (χ3v) is 5.75. The topological polar surface area (TPSA) is 86.3 Å². The zero-order valence-corrected chi connectivity index (χ0v) is 17.0. The average molecular weight is 383 g/mol. The van der Waals surface area contributed by atoms with Gasteiger partial charge >= 0.3 is 5.97 Å². The molecule has 0 bridgehead atoms. The lowest BCUT2D eigenvalue weighted by atomic mass is 9.93. The van der Waals surface area contributed by atoms with E-state index >= 15 is 0 Å². The largest absolute Gasteiger partial charge is 0.467 e. The summed E-state index contributed by atoms with van der Waals surface area (Å²) in [6, 6.07) is 4.99. The van der Waals surface area contributed by atoms with Crippen LogP contribution in [0.4, 0.5) is 0 Å². The van der Waals surface area contributed by atoms with E-state index in [2.05, 4.69) is 14.6 Å². The number of nitrogens with one attached hydrogen (secondary N) is 1. The van der Waals surface area contributed by atoms with Gasteiger partial charge in [-0.2, -0.15) is 0 Å². The van der Waals surface area contributed by atoms with Gasteiger partial charge in [0.05, 0.1) is 18.5 Å². The molecule has 1 aliphatic carbocycles. The first-order valence-electron chi connectivity index (χ1n) is 9.82. The predicted molar refractivity (Wildman–Crippen MR) is 111 cm³/mol. The molecule has 1 aliphatic rings. The van der Waals surface area contributed by atoms with Gasteiger partial charge in [-0.15, -0.1) is 0 Å². The molecule has 1 aromatic heterocycles. The third-order valence-electron chi connectivity index (χ3n) is 5.75. The van der Waals surface area contributed by atoms with Gasteiger partial charge in [0.15, 0.2) is 0 Å². The van der Waals surface area contributed by atoms with Crippen LogP contribution in [0.2, 0.25) is 0 Å². The number of fused-ring (bicyclic) bond motifs is 1. The minimum Gasteiger partial charge on any atom is -0.467 e. The molecule has 28 heavy (non-hydrogen) atoms. The second-order valence-electron chi connectivity index (χ2n) is 7.50. The number of hydrogen-bond acceptors (Lipinski definition) is 4. The van der Waals surface area contributed by atoms with Crippen LogP contribution in [0.1, 0.15) is 67.1 Å². The molecule has 1 heterocycles. The zero-order chi connectivity index (χ0) is 20.4. The summed E-state index contributed by atoms with van der Waals surface area (Å²) in [6.07, 6.45) is 6.74. The smallest absolute Gasteiger partial charge is 0.328 e. The molecule has 1 aromatic carbocycles. The Morgan fingerprint density at radius 3 is 2.61 bits per heavy atom. The van der Waals surface area contributed by atoms with Gasteiger partial charge in [-0.3, -0.25) is 4.79 Å². The van der Waals surface area contributed by atoms with Crippen LogP contribution in [0.3, 0.4) is 0 Å². The van der Waals surface area contributed by atoms with E-state index in [0.717, 1.165) is 22.3 Å². The average Bonchev–Trinajstić information content (AvgIpc) is 3.32. The number of nitrogens with two attached hydrogens (primary N) is 1. The molecule has 2 aromatic rings. The summed E-state index contributed by atoms with van der Waals surface area (Å²) in [5.41, 5.74) is 10.9. The Labute approximate surface area is 165 Å². The molecule has 0 radical (unpaired) electrons. The molecule has 0 saturated heterocycles. The molecule has 150 valence electrons. The Hall–Kier alpha value is -2.76. The molecule has 0 aliphatic heterocycles. The molecule has 1 amide bonds. The summed E-state index contributed by atoms with van der Waals surface area (Å²) >= 11 is 0. The van der Waals surface area contributed by atoms with Gasteiger partial charge < -0.3 is 20.4 Å². The van der Waals surface area contributed by atoms with Gasteiger partial charge in [0.1, 0.15) is 6.04 Å². The van der Waals surface area contributed by atoms with Crippen LogP contribution in [0, 0.1) is 0 Å². The van der Waals surface area contributed by atoms with E-state index < -0.39 is 12.0 Å². The van der Waals surface area contributed by atoms with Crippen LogP contribution < -0.4 is 11.1 Å². The monoisotopic (exact) mass is 383 g/mol. The van der Waals surface area contributed by atoms with E-state index in [4.69, 9.17) is 5.73 Å². The number of methoxy groups -OCH3 is 1. The van der Waals surface area contributed by atoms with Crippen molar-refractivity contribution in [3.05, 3.63) is 41.1 Å². The molecule has 1 saturated carbocycles. The fraction of sp³-hybridized carbons (Fsp3) is 0.455. The first-order valence-corrected chi connectivity index (χ1v) is 9.82. The van der Waals surface area contributed by atoms with Crippen LogP contribution in [0.5, 0.6) is 0 Å². The van der Waals surface area contributed by atoms with Gasteiger partial charge in [0, 0.05) is 23.5 Å². The maximum absolute atomic E-state index is 12.6. The van der Waals surface area contributed by atoms with E-state index in [-0.39, 0.29) is 5.91 Å². The van der Waals surface area contributed by atoms with Crippen molar-refractivity contribution >= 4 is 28.5 Å². The number of ether oxygens (including phenoxy) is 1. The minimum atomic E-state index is -0.704. The van der Waals surface area contributed by atoms with Crippen molar-refractivity contribution in [2.45, 2.75) is 51.5 Å². The molecule has 1 unspecified atom stereocenters. The second-order valence-corrected chi connectivity index (χ2v) is 7.50. The number of aryl methyl sites for hydroxylation is 1. The predicted octanol–water partition coefficient (Wildman–Crippen LogP) is 3.45. The highest BCUT2D eigenvalue weighted by Crippen LogP contribution is 2.42. The molecule has 3 N–H and O–H groups in total. The Morgan fingerprint density at radius 1 is 1.32 bits per heavy atom. The summed E-state index contributed by atoms with van der Waals surface area (Å²) in [5.74, 6) is -0.278. The molecule has 1 atom stereocenters. The summed E-state index contributed by atoms with van der Waals surface area (Å²) in [4.78, 5) is 24.2. The van der Waals surface area contributed by atoms with E-state index in [1.165, 1.54) is 38.4 Å². The summed E-state index contributed by atoms with van der Waals surface area (Å²) in [5, 5.41) is 3.83. The fourth-order valence-electron chi connectivity index (χ4n) is 4.24. The lowest BCUT2D eigenvalue weighted by Crippen LogP contribution is -2.39. The number of amides is 1. The lowest BCUT2D eigenvalue weighted by Gasteiger charge is -2.13. The molecule has 3 rings (SSSR count). The van der Waals surface area contributed by atoms with Crippen LogP contribution in [0.25, 0.3) is 16.6 Å². The van der Waals surface area contributed by atoms with Crippen molar-refractivity contribution < 1.29 is 14.3 Å².